The van der Waals surface area contributed by atoms with Crippen LogP contribution in [0, 0.1) is 41.9 Å². The van der Waals surface area contributed by atoms with E-state index in [4.69, 9.17) is 26.2 Å². The van der Waals surface area contributed by atoms with Gasteiger partial charge >= 0.3 is 0 Å². The van der Waals surface area contributed by atoms with Gasteiger partial charge in [0, 0.05) is 39.9 Å². The first kappa shape index (κ1) is 42.1. The molecule has 65 heavy (non-hydrogen) atoms. The quantitative estimate of drug-likeness (QED) is 0.0852. The van der Waals surface area contributed by atoms with Crippen molar-refractivity contribution in [1.29, 1.82) is 0 Å². The molecule has 14 heteroatoms. The first-order chi connectivity index (χ1) is 31.2. The van der Waals surface area contributed by atoms with E-state index in [0.717, 1.165) is 26.1 Å². The average molecular weight is 907 g/mol. The summed E-state index contributed by atoms with van der Waals surface area (Å²) < 4.78 is 13.5. The lowest BCUT2D eigenvalue weighted by atomic mass is 9.52. The molecule has 0 bridgehead atoms. The molecule has 328 valence electrons. The van der Waals surface area contributed by atoms with Gasteiger partial charge in [0.15, 0.2) is 17.3 Å². The normalized spacial score (nSPS) is 23.8. The number of benzene rings is 4. The monoisotopic (exact) mass is 906 g/mol. The van der Waals surface area contributed by atoms with Crippen molar-refractivity contribution in [2.24, 2.45) is 42.1 Å². The maximum Gasteiger partial charge on any atom is 0.242 e. The molecular weight excluding hydrogens is 864 g/mol. The van der Waals surface area contributed by atoms with Crippen LogP contribution in [-0.4, -0.2) is 58.5 Å². The SMILES string of the molecule is COc1cc(C=C[C@H]2C3=CC[C@@H]4C(=O)N(c5ccc(C(=O)c6ccccc6)cc5)C(=O)[C@@H]4[C@@H]3C[C@H]3C(=O)N(c4cc(-c5sc6ccc(Cl)cc6c5C)nn4C)C(=O)[C@@]23C)cc(OC)c1O. The van der Waals surface area contributed by atoms with Crippen molar-refractivity contribution >= 4 is 80.0 Å². The number of ether oxygens (including phenoxy) is 2. The number of thiophene rings is 1. The Morgan fingerprint density at radius 1 is 0.877 bits per heavy atom. The van der Waals surface area contributed by atoms with Gasteiger partial charge in [-0.15, -0.1) is 11.3 Å². The highest BCUT2D eigenvalue weighted by atomic mass is 35.5. The predicted octanol–water partition coefficient (Wildman–Crippen LogP) is 9.20. The number of aromatic hydroxyl groups is 1. The van der Waals surface area contributed by atoms with E-state index in [-0.39, 0.29) is 47.7 Å². The zero-order chi connectivity index (χ0) is 45.6. The number of allylic oxidation sites excluding steroid dienone is 3. The highest BCUT2D eigenvalue weighted by Crippen LogP contribution is 2.61. The molecule has 4 amide bonds. The Labute approximate surface area is 383 Å². The third-order valence-electron chi connectivity index (χ3n) is 14.0. The molecule has 2 aromatic heterocycles. The van der Waals surface area contributed by atoms with E-state index in [9.17, 15) is 19.5 Å². The molecule has 6 atom stereocenters. The zero-order valence-electron chi connectivity index (χ0n) is 36.1. The van der Waals surface area contributed by atoms with Gasteiger partial charge in [-0.25, -0.2) is 4.90 Å². The number of carbonyl (C=O) groups excluding carboxylic acids is 5. The molecule has 2 saturated heterocycles. The second kappa shape index (κ2) is 15.7. The minimum absolute atomic E-state index is 0.161. The van der Waals surface area contributed by atoms with E-state index in [0.29, 0.717) is 38.9 Å². The predicted molar refractivity (Wildman–Crippen MR) is 248 cm³/mol. The summed E-state index contributed by atoms with van der Waals surface area (Å²) in [5, 5.41) is 17.1. The highest BCUT2D eigenvalue weighted by molar-refractivity contribution is 7.22. The zero-order valence-corrected chi connectivity index (χ0v) is 37.6. The number of carbonyl (C=O) groups is 5. The van der Waals surface area contributed by atoms with Crippen LogP contribution < -0.4 is 19.3 Å². The fraction of sp³-hybridized carbons (Fsp3) is 0.255. The average Bonchev–Trinajstić information content (AvgIpc) is 3.99. The smallest absolute Gasteiger partial charge is 0.242 e. The number of nitrogens with zero attached hydrogens (tertiary/aromatic N) is 4. The van der Waals surface area contributed by atoms with Crippen LogP contribution >= 0.6 is 22.9 Å². The molecule has 6 aromatic rings. The molecule has 10 rings (SSSR count). The van der Waals surface area contributed by atoms with Gasteiger partial charge in [-0.3, -0.25) is 33.6 Å². The third kappa shape index (κ3) is 6.46. The number of imide groups is 2. The fourth-order valence-corrected chi connectivity index (χ4v) is 12.0. The summed E-state index contributed by atoms with van der Waals surface area (Å²) in [6.45, 7) is 3.81. The van der Waals surface area contributed by atoms with Crippen LogP contribution in [0.25, 0.3) is 26.7 Å². The summed E-state index contributed by atoms with van der Waals surface area (Å²) in [6, 6.07) is 26.1. The Kier molecular flexibility index (Phi) is 10.2. The lowest BCUT2D eigenvalue weighted by Crippen LogP contribution is -2.49. The Balaban J connectivity index is 1.03. The van der Waals surface area contributed by atoms with Gasteiger partial charge in [-0.1, -0.05) is 65.7 Å². The number of ketones is 1. The third-order valence-corrected chi connectivity index (χ3v) is 15.5. The second-order valence-corrected chi connectivity index (χ2v) is 18.8. The van der Waals surface area contributed by atoms with Crippen LogP contribution in [0.15, 0.2) is 109 Å². The Hall–Kier alpha value is -6.83. The topological polar surface area (TPSA) is 148 Å². The van der Waals surface area contributed by atoms with Crippen molar-refractivity contribution < 1.29 is 38.6 Å². The number of rotatable bonds is 9. The van der Waals surface area contributed by atoms with Crippen LogP contribution in [0.4, 0.5) is 11.5 Å². The Bertz CT molecular complexity index is 3060. The largest absolute Gasteiger partial charge is 0.502 e. The molecule has 4 heterocycles. The molecule has 1 N–H and O–H groups in total. The molecule has 4 aromatic carbocycles. The van der Waals surface area contributed by atoms with E-state index in [1.54, 1.807) is 95.9 Å². The first-order valence-electron chi connectivity index (χ1n) is 21.3. The molecule has 2 aliphatic carbocycles. The molecule has 12 nitrogen and oxygen atoms in total. The minimum Gasteiger partial charge on any atom is -0.502 e. The summed E-state index contributed by atoms with van der Waals surface area (Å²) in [4.78, 5) is 76.0. The molecular formula is C51H43ClN4O8S. The van der Waals surface area contributed by atoms with Crippen LogP contribution in [0.1, 0.15) is 46.8 Å². The van der Waals surface area contributed by atoms with Gasteiger partial charge in [-0.2, -0.15) is 5.10 Å². The molecule has 0 unspecified atom stereocenters. The van der Waals surface area contributed by atoms with Crippen molar-refractivity contribution in [3.8, 4) is 27.8 Å². The van der Waals surface area contributed by atoms with E-state index in [1.165, 1.54) is 24.0 Å². The maximum atomic E-state index is 15.3. The summed E-state index contributed by atoms with van der Waals surface area (Å²) >= 11 is 7.90. The van der Waals surface area contributed by atoms with E-state index in [1.807, 2.05) is 50.3 Å². The number of phenolic OH excluding ortho intramolecular Hbond substituents is 1. The van der Waals surface area contributed by atoms with E-state index < -0.39 is 46.8 Å². The number of aromatic nitrogens is 2. The lowest BCUT2D eigenvalue weighted by molar-refractivity contribution is -0.132. The summed E-state index contributed by atoms with van der Waals surface area (Å²) in [5.41, 5.74) is 2.99. The van der Waals surface area contributed by atoms with Crippen LogP contribution in [0.5, 0.6) is 17.2 Å². The molecule has 3 fully saturated rings. The van der Waals surface area contributed by atoms with Gasteiger partial charge in [-0.05, 0) is 104 Å². The number of aryl methyl sites for hydroxylation is 2. The van der Waals surface area contributed by atoms with Crippen molar-refractivity contribution in [2.75, 3.05) is 24.0 Å². The number of anilines is 2. The van der Waals surface area contributed by atoms with Crippen molar-refractivity contribution in [1.82, 2.24) is 9.78 Å². The molecule has 1 saturated carbocycles. The lowest BCUT2D eigenvalue weighted by Gasteiger charge is -2.47. The molecule has 4 aliphatic rings. The number of hydrogen-bond donors (Lipinski definition) is 1. The summed E-state index contributed by atoms with van der Waals surface area (Å²) in [7, 11) is 4.58. The van der Waals surface area contributed by atoms with E-state index in [2.05, 4.69) is 0 Å². The van der Waals surface area contributed by atoms with Crippen molar-refractivity contribution in [3.63, 3.8) is 0 Å². The van der Waals surface area contributed by atoms with Crippen LogP contribution in [-0.2, 0) is 26.2 Å². The summed E-state index contributed by atoms with van der Waals surface area (Å²) in [5.74, 6) is -4.82. The Morgan fingerprint density at radius 2 is 1.57 bits per heavy atom. The number of hydrogen-bond acceptors (Lipinski definition) is 10. The van der Waals surface area contributed by atoms with Gasteiger partial charge < -0.3 is 14.6 Å². The van der Waals surface area contributed by atoms with Gasteiger partial charge in [0.05, 0.1) is 48.0 Å². The van der Waals surface area contributed by atoms with Gasteiger partial charge in [0.2, 0.25) is 29.4 Å². The number of halogens is 1. The number of phenols is 1. The first-order valence-corrected chi connectivity index (χ1v) is 22.5. The second-order valence-electron chi connectivity index (χ2n) is 17.3. The maximum absolute atomic E-state index is 15.3. The minimum atomic E-state index is -1.31. The van der Waals surface area contributed by atoms with E-state index >= 15 is 9.59 Å². The molecule has 2 aliphatic heterocycles. The van der Waals surface area contributed by atoms with Crippen molar-refractivity contribution in [2.45, 2.75) is 26.7 Å². The fourth-order valence-electron chi connectivity index (χ4n) is 10.6. The number of amides is 4. The number of fused-ring (bicyclic) bond motifs is 5. The molecule has 0 spiro atoms. The Morgan fingerprint density at radius 3 is 2.26 bits per heavy atom. The van der Waals surface area contributed by atoms with Crippen LogP contribution in [0.3, 0.4) is 0 Å². The van der Waals surface area contributed by atoms with Crippen molar-refractivity contribution in [3.05, 3.63) is 136 Å². The van der Waals surface area contributed by atoms with Crippen LogP contribution in [0.2, 0.25) is 5.02 Å². The standard InChI is InChI=1S/C51H43ClN4O8S/c1-26-34-23-30(52)14-20-41(34)65-46(26)38-25-42(54(3)53-38)56-48(60)37-24-35-32(36(51(37,2)50(56)62)19-11-27-21-39(63-4)45(58)40(22-27)64-5)17-18-33-43(35)49(61)55(47(33)59)31-15-12-29(13-16-31)44(57)28-9-7-6-8-10-28/h6-17,19-23,25,33,35-37,43,58H,18,24H2,1-5H3/t33-,35+,36-,37-,43-,51-/m0/s1. The molecule has 0 radical (unpaired) electrons. The highest BCUT2D eigenvalue weighted by Gasteiger charge is 2.67. The summed E-state index contributed by atoms with van der Waals surface area (Å²) in [6.07, 6.45) is 6.08. The van der Waals surface area contributed by atoms with Gasteiger partial charge in [0.25, 0.3) is 0 Å². The number of methoxy groups -OCH3 is 2. The van der Waals surface area contributed by atoms with Gasteiger partial charge in [0.1, 0.15) is 11.5 Å².